The molecule has 3 heteroatoms. The average molecular weight is 238 g/mol. The van der Waals surface area contributed by atoms with Gasteiger partial charge in [0.05, 0.1) is 0 Å². The Bertz CT molecular complexity index is 241. The molecule has 0 unspecified atom stereocenters. The van der Waals surface area contributed by atoms with Crippen molar-refractivity contribution in [2.24, 2.45) is 5.92 Å². The molecule has 1 amide bonds. The van der Waals surface area contributed by atoms with Gasteiger partial charge in [0.1, 0.15) is 0 Å². The second kappa shape index (κ2) is 6.39. The maximum Gasteiger partial charge on any atom is 0.225 e. The van der Waals surface area contributed by atoms with Crippen molar-refractivity contribution in [3.05, 3.63) is 0 Å². The minimum atomic E-state index is 0.357. The van der Waals surface area contributed by atoms with Crippen molar-refractivity contribution in [3.8, 4) is 0 Å². The lowest BCUT2D eigenvalue weighted by Gasteiger charge is -2.34. The predicted molar refractivity (Wildman–Crippen MR) is 69.9 cm³/mol. The van der Waals surface area contributed by atoms with Gasteiger partial charge in [0.25, 0.3) is 0 Å². The Balaban J connectivity index is 1.72. The zero-order chi connectivity index (χ0) is 12.1. The zero-order valence-corrected chi connectivity index (χ0v) is 11.1. The normalized spacial score (nSPS) is 23.2. The molecule has 0 aromatic heterocycles. The molecule has 0 spiro atoms. The fourth-order valence-electron chi connectivity index (χ4n) is 3.08. The monoisotopic (exact) mass is 238 g/mol. The Morgan fingerprint density at radius 3 is 2.41 bits per heavy atom. The molecular formula is C14H26N2O. The van der Waals surface area contributed by atoms with E-state index in [0.29, 0.717) is 17.9 Å². The van der Waals surface area contributed by atoms with Gasteiger partial charge in [0.2, 0.25) is 5.91 Å². The first-order valence-corrected chi connectivity index (χ1v) is 7.33. The number of hydrogen-bond acceptors (Lipinski definition) is 2. The Morgan fingerprint density at radius 2 is 1.82 bits per heavy atom. The van der Waals surface area contributed by atoms with Gasteiger partial charge in [-0.05, 0) is 38.6 Å². The minimum Gasteiger partial charge on any atom is -0.342 e. The summed E-state index contributed by atoms with van der Waals surface area (Å²) in [4.78, 5) is 14.3. The SMILES string of the molecule is CCCNC1CCN(C(=O)C2CCCC2)CC1. The quantitative estimate of drug-likeness (QED) is 0.814. The lowest BCUT2D eigenvalue weighted by atomic mass is 10.0. The molecule has 2 rings (SSSR count). The Kier molecular flexibility index (Phi) is 4.84. The van der Waals surface area contributed by atoms with Gasteiger partial charge in [-0.25, -0.2) is 0 Å². The number of rotatable bonds is 4. The van der Waals surface area contributed by atoms with E-state index >= 15 is 0 Å². The molecule has 2 aliphatic rings. The number of likely N-dealkylation sites (tertiary alicyclic amines) is 1. The lowest BCUT2D eigenvalue weighted by Crippen LogP contribution is -2.46. The second-order valence-electron chi connectivity index (χ2n) is 5.54. The van der Waals surface area contributed by atoms with Crippen LogP contribution >= 0.6 is 0 Å². The van der Waals surface area contributed by atoms with Crippen molar-refractivity contribution >= 4 is 5.91 Å². The summed E-state index contributed by atoms with van der Waals surface area (Å²) >= 11 is 0. The molecule has 1 aliphatic carbocycles. The fourth-order valence-corrected chi connectivity index (χ4v) is 3.08. The van der Waals surface area contributed by atoms with Crippen molar-refractivity contribution in [2.45, 2.75) is 57.9 Å². The highest BCUT2D eigenvalue weighted by Crippen LogP contribution is 2.27. The maximum atomic E-state index is 12.2. The molecule has 2 fully saturated rings. The first-order chi connectivity index (χ1) is 8.31. The highest BCUT2D eigenvalue weighted by atomic mass is 16.2. The third-order valence-corrected chi connectivity index (χ3v) is 4.19. The summed E-state index contributed by atoms with van der Waals surface area (Å²) in [5.41, 5.74) is 0. The van der Waals surface area contributed by atoms with E-state index in [0.717, 1.165) is 45.3 Å². The number of nitrogens with one attached hydrogen (secondary N) is 1. The Labute approximate surface area is 105 Å². The predicted octanol–water partition coefficient (Wildman–Crippen LogP) is 2.17. The zero-order valence-electron chi connectivity index (χ0n) is 11.1. The van der Waals surface area contributed by atoms with Crippen LogP contribution in [0.1, 0.15) is 51.9 Å². The van der Waals surface area contributed by atoms with Crippen molar-refractivity contribution in [2.75, 3.05) is 19.6 Å². The van der Waals surface area contributed by atoms with Gasteiger partial charge < -0.3 is 10.2 Å². The molecule has 0 bridgehead atoms. The van der Waals surface area contributed by atoms with Crippen LogP contribution in [0.25, 0.3) is 0 Å². The molecule has 98 valence electrons. The van der Waals surface area contributed by atoms with Crippen molar-refractivity contribution in [1.29, 1.82) is 0 Å². The van der Waals surface area contributed by atoms with E-state index in [1.165, 1.54) is 19.3 Å². The number of carbonyl (C=O) groups is 1. The van der Waals surface area contributed by atoms with Gasteiger partial charge in [-0.3, -0.25) is 4.79 Å². The van der Waals surface area contributed by atoms with Gasteiger partial charge in [0, 0.05) is 25.0 Å². The second-order valence-corrected chi connectivity index (χ2v) is 5.54. The van der Waals surface area contributed by atoms with Crippen molar-refractivity contribution < 1.29 is 4.79 Å². The lowest BCUT2D eigenvalue weighted by molar-refractivity contribution is -0.136. The molecule has 0 aromatic carbocycles. The van der Waals surface area contributed by atoms with Gasteiger partial charge in [0.15, 0.2) is 0 Å². The van der Waals surface area contributed by atoms with E-state index in [2.05, 4.69) is 17.1 Å². The number of piperidine rings is 1. The van der Waals surface area contributed by atoms with E-state index in [9.17, 15) is 4.79 Å². The summed E-state index contributed by atoms with van der Waals surface area (Å²) in [6, 6.07) is 0.641. The largest absolute Gasteiger partial charge is 0.342 e. The third-order valence-electron chi connectivity index (χ3n) is 4.19. The van der Waals surface area contributed by atoms with E-state index in [4.69, 9.17) is 0 Å². The summed E-state index contributed by atoms with van der Waals surface area (Å²) in [5.74, 6) is 0.798. The summed E-state index contributed by atoms with van der Waals surface area (Å²) in [6.45, 7) is 5.25. The van der Waals surface area contributed by atoms with Crippen LogP contribution in [-0.2, 0) is 4.79 Å². The van der Waals surface area contributed by atoms with Gasteiger partial charge in [-0.15, -0.1) is 0 Å². The van der Waals surface area contributed by atoms with E-state index in [-0.39, 0.29) is 0 Å². The summed E-state index contributed by atoms with van der Waals surface area (Å²) in [7, 11) is 0. The molecule has 1 saturated heterocycles. The number of amides is 1. The maximum absolute atomic E-state index is 12.2. The Hall–Kier alpha value is -0.570. The van der Waals surface area contributed by atoms with E-state index in [1.807, 2.05) is 0 Å². The first kappa shape index (κ1) is 12.9. The molecule has 0 atom stereocenters. The summed E-state index contributed by atoms with van der Waals surface area (Å²) < 4.78 is 0. The average Bonchev–Trinajstić information content (AvgIpc) is 2.90. The van der Waals surface area contributed by atoms with Crippen LogP contribution in [0.3, 0.4) is 0 Å². The van der Waals surface area contributed by atoms with Crippen molar-refractivity contribution in [1.82, 2.24) is 10.2 Å². The highest BCUT2D eigenvalue weighted by molar-refractivity contribution is 5.79. The molecule has 1 heterocycles. The number of hydrogen-bond donors (Lipinski definition) is 1. The Morgan fingerprint density at radius 1 is 1.18 bits per heavy atom. The smallest absolute Gasteiger partial charge is 0.225 e. The molecule has 0 radical (unpaired) electrons. The highest BCUT2D eigenvalue weighted by Gasteiger charge is 2.29. The molecule has 17 heavy (non-hydrogen) atoms. The standard InChI is InChI=1S/C14H26N2O/c1-2-9-15-13-7-10-16(11-8-13)14(17)12-5-3-4-6-12/h12-13,15H,2-11H2,1H3. The van der Waals surface area contributed by atoms with Crippen LogP contribution in [0.4, 0.5) is 0 Å². The molecule has 1 saturated carbocycles. The summed E-state index contributed by atoms with van der Waals surface area (Å²) in [5, 5.41) is 3.56. The van der Waals surface area contributed by atoms with Crippen LogP contribution < -0.4 is 5.32 Å². The molecule has 1 N–H and O–H groups in total. The molecule has 3 nitrogen and oxygen atoms in total. The first-order valence-electron chi connectivity index (χ1n) is 7.33. The molecular weight excluding hydrogens is 212 g/mol. The van der Waals surface area contributed by atoms with Crippen LogP contribution in [0.15, 0.2) is 0 Å². The number of nitrogens with zero attached hydrogens (tertiary/aromatic N) is 1. The van der Waals surface area contributed by atoms with Gasteiger partial charge in [-0.2, -0.15) is 0 Å². The molecule has 0 aromatic rings. The van der Waals surface area contributed by atoms with Crippen LogP contribution in [-0.4, -0.2) is 36.5 Å². The van der Waals surface area contributed by atoms with Crippen LogP contribution in [0.5, 0.6) is 0 Å². The topological polar surface area (TPSA) is 32.3 Å². The minimum absolute atomic E-state index is 0.357. The van der Waals surface area contributed by atoms with Crippen LogP contribution in [0, 0.1) is 5.92 Å². The van der Waals surface area contributed by atoms with E-state index < -0.39 is 0 Å². The van der Waals surface area contributed by atoms with Gasteiger partial charge >= 0.3 is 0 Å². The third kappa shape index (κ3) is 3.44. The fraction of sp³-hybridized carbons (Fsp3) is 0.929. The molecule has 1 aliphatic heterocycles. The summed E-state index contributed by atoms with van der Waals surface area (Å²) in [6.07, 6.45) is 8.24. The van der Waals surface area contributed by atoms with Crippen LogP contribution in [0.2, 0.25) is 0 Å². The van der Waals surface area contributed by atoms with Crippen molar-refractivity contribution in [3.63, 3.8) is 0 Å². The number of carbonyl (C=O) groups excluding carboxylic acids is 1. The van der Waals surface area contributed by atoms with E-state index in [1.54, 1.807) is 0 Å². The van der Waals surface area contributed by atoms with Gasteiger partial charge in [-0.1, -0.05) is 19.8 Å².